The first-order chi connectivity index (χ1) is 61.3. The molecule has 40 heteroatoms. The van der Waals surface area contributed by atoms with Gasteiger partial charge in [0.15, 0.2) is 0 Å². The molecule has 127 heavy (non-hydrogen) atoms. The Kier molecular flexibility index (Phi) is 75.5. The van der Waals surface area contributed by atoms with Gasteiger partial charge in [0.25, 0.3) is 0 Å². The standard InChI is InChI=1S/C87H168N16O24/c1-5-84(59-116-72(104)23-13-9-11-15-35-88,61-118-74(106)25-49-96-43-17-37-90)67-124-80(112)31-55-102(57-33-82(114)126-69-86(7-3,63-120-76(108)27-51-98-45-19-39-92)64-121-77(109)28-52-99-46-20-40-93)71-103(56-32-81(113)125-68-85(6-2,60-117-73(105)24-14-10-12-16-36-89)62-119-75(107)26-50-97-44-18-38-91)58-34-83(115)127-70-87(8-4,65-122-78(110)29-53-100-47-21-41-94)66-123-79(111)30-54-101-48-22-42-95/h96-101H,5-71,88-95H2,1-4H3. The fourth-order valence-corrected chi connectivity index (χ4v) is 12.0. The van der Waals surface area contributed by atoms with E-state index in [-0.39, 0.29) is 215 Å². The van der Waals surface area contributed by atoms with Crippen LogP contribution in [0.3, 0.4) is 0 Å². The van der Waals surface area contributed by atoms with Crippen molar-refractivity contribution in [2.24, 2.45) is 67.5 Å². The number of esters is 12. The number of hydrogen-bond donors (Lipinski definition) is 14. The van der Waals surface area contributed by atoms with Gasteiger partial charge in [0.1, 0.15) is 79.3 Å². The SMILES string of the molecule is CCC(COC(=O)CCCCCCN)(COC(=O)CCNCCCN)COC(=O)CCN(CCC(=O)OCC(CC)(COC(=O)CCNCCCN)COC(=O)CCNCCCN)CN(CCC(=O)OCC(CC)(COC(=O)CCCCCCN)COC(=O)CCNCCCN)CCC(=O)OCC(CC)(COC(=O)CCNCCCN)COC(=O)CCNCCCN. The molecule has 0 heterocycles. The zero-order valence-electron chi connectivity index (χ0n) is 77.7. The minimum atomic E-state index is -1.23. The molecule has 740 valence electrons. The second-order valence-electron chi connectivity index (χ2n) is 32.5. The van der Waals surface area contributed by atoms with Crippen molar-refractivity contribution in [2.75, 3.05) is 243 Å². The molecule has 0 spiro atoms. The van der Waals surface area contributed by atoms with Gasteiger partial charge in [-0.15, -0.1) is 0 Å². The van der Waals surface area contributed by atoms with Gasteiger partial charge in [-0.2, -0.15) is 0 Å². The Hall–Kier alpha value is -7.00. The Morgan fingerprint density at radius 1 is 0.197 bits per heavy atom. The monoisotopic (exact) mass is 1820 g/mol. The van der Waals surface area contributed by atoms with E-state index in [1.165, 1.54) is 0 Å². The largest absolute Gasteiger partial charge is 0.465 e. The van der Waals surface area contributed by atoms with Crippen molar-refractivity contribution in [3.05, 3.63) is 0 Å². The summed E-state index contributed by atoms with van der Waals surface area (Å²) in [4.78, 5) is 167. The molecule has 0 saturated carbocycles. The van der Waals surface area contributed by atoms with Crippen LogP contribution >= 0.6 is 0 Å². The third kappa shape index (κ3) is 66.1. The highest BCUT2D eigenvalue weighted by atomic mass is 16.6. The summed E-state index contributed by atoms with van der Waals surface area (Å²) >= 11 is 0. The Bertz CT molecular complexity index is 2430. The van der Waals surface area contributed by atoms with Gasteiger partial charge >= 0.3 is 71.6 Å². The molecule has 0 rings (SSSR count). The molecule has 0 bridgehead atoms. The van der Waals surface area contributed by atoms with E-state index in [2.05, 4.69) is 31.9 Å². The van der Waals surface area contributed by atoms with Crippen molar-refractivity contribution in [1.29, 1.82) is 0 Å². The normalized spacial score (nSPS) is 12.5. The number of nitrogens with zero attached hydrogens (tertiary/aromatic N) is 2. The molecule has 2 atom stereocenters. The smallest absolute Gasteiger partial charge is 0.307 e. The maximum atomic E-state index is 14.4. The summed E-state index contributed by atoms with van der Waals surface area (Å²) in [5, 5.41) is 18.8. The predicted molar refractivity (Wildman–Crippen MR) is 480 cm³/mol. The van der Waals surface area contributed by atoms with E-state index in [0.717, 1.165) is 38.5 Å². The van der Waals surface area contributed by atoms with Gasteiger partial charge in [-0.1, -0.05) is 53.4 Å². The Morgan fingerprint density at radius 3 is 0.504 bits per heavy atom. The van der Waals surface area contributed by atoms with Crippen molar-refractivity contribution in [2.45, 2.75) is 220 Å². The average Bonchev–Trinajstić information content (AvgIpc) is 0.877. The highest BCUT2D eigenvalue weighted by Crippen LogP contribution is 2.30. The van der Waals surface area contributed by atoms with E-state index in [4.69, 9.17) is 103 Å². The van der Waals surface area contributed by atoms with Crippen molar-refractivity contribution >= 4 is 71.6 Å². The number of rotatable bonds is 90. The first-order valence-electron chi connectivity index (χ1n) is 46.5. The Morgan fingerprint density at radius 2 is 0.346 bits per heavy atom. The molecular formula is C87H168N16O24. The van der Waals surface area contributed by atoms with E-state index < -0.39 is 93.3 Å². The molecule has 0 aromatic rings. The van der Waals surface area contributed by atoms with E-state index in [9.17, 15) is 57.5 Å². The third-order valence-corrected chi connectivity index (χ3v) is 21.5. The predicted octanol–water partition coefficient (Wildman–Crippen LogP) is 1.00. The van der Waals surface area contributed by atoms with Crippen molar-refractivity contribution in [3.8, 4) is 0 Å². The van der Waals surface area contributed by atoms with Gasteiger partial charge in [0.05, 0.1) is 92.5 Å². The minimum absolute atomic E-state index is 0.00136. The molecule has 40 nitrogen and oxygen atoms in total. The fraction of sp³-hybridized carbons (Fsp3) is 0.862. The summed E-state index contributed by atoms with van der Waals surface area (Å²) in [6.45, 7) is 11.6. The zero-order valence-corrected chi connectivity index (χ0v) is 77.7. The molecular weight excluding hydrogens is 1650 g/mol. The molecule has 0 aliphatic heterocycles. The lowest BCUT2D eigenvalue weighted by molar-refractivity contribution is -0.165. The summed E-state index contributed by atoms with van der Waals surface area (Å²) in [5.74, 6) is -7.37. The van der Waals surface area contributed by atoms with Gasteiger partial charge in [-0.25, -0.2) is 0 Å². The van der Waals surface area contributed by atoms with E-state index in [1.807, 2.05) is 0 Å². The number of unbranched alkanes of at least 4 members (excludes halogenated alkanes) is 6. The van der Waals surface area contributed by atoms with Crippen molar-refractivity contribution < 1.29 is 114 Å². The highest BCUT2D eigenvalue weighted by molar-refractivity contribution is 5.74. The topological polar surface area (TPSA) is 602 Å². The lowest BCUT2D eigenvalue weighted by atomic mass is 9.88. The van der Waals surface area contributed by atoms with Gasteiger partial charge in [-0.3, -0.25) is 67.3 Å². The molecule has 0 saturated heterocycles. The second-order valence-corrected chi connectivity index (χ2v) is 32.5. The Labute approximate surface area is 755 Å². The summed E-state index contributed by atoms with van der Waals surface area (Å²) in [6.07, 6.45) is 9.66. The number of hydrogen-bond acceptors (Lipinski definition) is 40. The van der Waals surface area contributed by atoms with Crippen LogP contribution in [0, 0.1) is 21.7 Å². The van der Waals surface area contributed by atoms with Crippen LogP contribution in [-0.4, -0.2) is 324 Å². The molecule has 0 aromatic heterocycles. The van der Waals surface area contributed by atoms with Gasteiger partial charge in [0.2, 0.25) is 0 Å². The number of carbonyl (C=O) groups is 12. The Balaban J connectivity index is 8.17. The number of nitrogens with one attached hydrogen (secondary N) is 6. The summed E-state index contributed by atoms with van der Waals surface area (Å²) in [7, 11) is 0. The molecule has 2 unspecified atom stereocenters. The molecule has 22 N–H and O–H groups in total. The number of nitrogens with two attached hydrogens (primary N) is 8. The molecule has 0 radical (unpaired) electrons. The van der Waals surface area contributed by atoms with Crippen LogP contribution in [-0.2, 0) is 114 Å². The van der Waals surface area contributed by atoms with Crippen LogP contribution < -0.4 is 77.8 Å². The summed E-state index contributed by atoms with van der Waals surface area (Å²) in [6, 6.07) is 0. The lowest BCUT2D eigenvalue weighted by Gasteiger charge is -2.33. The van der Waals surface area contributed by atoms with Crippen LogP contribution in [0.5, 0.6) is 0 Å². The van der Waals surface area contributed by atoms with Crippen LogP contribution in [0.4, 0.5) is 0 Å². The number of carbonyl (C=O) groups excluding carboxylic acids is 12. The van der Waals surface area contributed by atoms with Gasteiger partial charge in [0, 0.05) is 78.3 Å². The van der Waals surface area contributed by atoms with Gasteiger partial charge in [-0.05, 0) is 182 Å². The lowest BCUT2D eigenvalue weighted by Crippen LogP contribution is -2.43. The van der Waals surface area contributed by atoms with E-state index >= 15 is 0 Å². The minimum Gasteiger partial charge on any atom is -0.465 e. The average molecular weight is 1820 g/mol. The molecule has 0 aliphatic carbocycles. The second kappa shape index (κ2) is 79.9. The van der Waals surface area contributed by atoms with Crippen LogP contribution in [0.2, 0.25) is 0 Å². The van der Waals surface area contributed by atoms with Gasteiger partial charge < -0.3 is 135 Å². The summed E-state index contributed by atoms with van der Waals surface area (Å²) in [5.41, 5.74) is 40.4. The molecule has 0 fully saturated rings. The van der Waals surface area contributed by atoms with E-state index in [0.29, 0.717) is 182 Å². The quantitative estimate of drug-likeness (QED) is 0.0175. The van der Waals surface area contributed by atoms with Crippen LogP contribution in [0.1, 0.15) is 220 Å². The maximum absolute atomic E-state index is 14.4. The molecule has 0 aliphatic rings. The van der Waals surface area contributed by atoms with E-state index in [1.54, 1.807) is 37.5 Å². The molecule has 0 amide bonds. The van der Waals surface area contributed by atoms with Crippen LogP contribution in [0.15, 0.2) is 0 Å². The van der Waals surface area contributed by atoms with Crippen molar-refractivity contribution in [1.82, 2.24) is 41.7 Å². The number of ether oxygens (including phenoxy) is 12. The molecule has 0 aromatic carbocycles. The maximum Gasteiger partial charge on any atom is 0.307 e. The fourth-order valence-electron chi connectivity index (χ4n) is 12.0. The third-order valence-electron chi connectivity index (χ3n) is 21.5. The summed E-state index contributed by atoms with van der Waals surface area (Å²) < 4.78 is 70.4. The zero-order chi connectivity index (χ0) is 94.2. The van der Waals surface area contributed by atoms with Crippen molar-refractivity contribution in [3.63, 3.8) is 0 Å². The first kappa shape index (κ1) is 120. The highest BCUT2D eigenvalue weighted by Gasteiger charge is 2.39. The van der Waals surface area contributed by atoms with Crippen LogP contribution in [0.25, 0.3) is 0 Å². The first-order valence-corrected chi connectivity index (χ1v) is 46.5.